The zero-order valence-corrected chi connectivity index (χ0v) is 13.5. The zero-order chi connectivity index (χ0) is 18.2. The summed E-state index contributed by atoms with van der Waals surface area (Å²) in [5, 5.41) is 17.3. The monoisotopic (exact) mass is 386 g/mol. The van der Waals surface area contributed by atoms with Crippen LogP contribution in [0.3, 0.4) is 0 Å². The Morgan fingerprint density at radius 2 is 1.28 bits per heavy atom. The predicted octanol–water partition coefficient (Wildman–Crippen LogP) is -0.637. The Hall–Kier alpha value is -1.01. The van der Waals surface area contributed by atoms with Crippen LogP contribution in [0.1, 0.15) is 33.6 Å². The number of hydrogen-bond acceptors (Lipinski definition) is 8. The van der Waals surface area contributed by atoms with Crippen molar-refractivity contribution >= 4 is 51.6 Å². The van der Waals surface area contributed by atoms with Gasteiger partial charge in [-0.3, -0.25) is 4.55 Å². The van der Waals surface area contributed by atoms with Gasteiger partial charge >= 0.3 is 41.5 Å². The van der Waals surface area contributed by atoms with Crippen LogP contribution in [-0.2, 0) is 19.6 Å². The second kappa shape index (κ2) is 11.6. The van der Waals surface area contributed by atoms with Crippen molar-refractivity contribution in [2.75, 3.05) is 26.4 Å². The molecular formula is C14H19NaO9S. The molecule has 0 amide bonds. The molecule has 0 radical (unpaired) electrons. The van der Waals surface area contributed by atoms with Crippen LogP contribution < -0.4 is 0 Å². The van der Waals surface area contributed by atoms with E-state index in [2.05, 4.69) is 0 Å². The first-order chi connectivity index (χ1) is 11.3. The number of ether oxygens (including phenoxy) is 2. The van der Waals surface area contributed by atoms with E-state index in [1.165, 1.54) is 0 Å². The molecule has 9 nitrogen and oxygen atoms in total. The van der Waals surface area contributed by atoms with Crippen LogP contribution in [-0.4, -0.2) is 91.1 Å². The molecule has 1 aromatic carbocycles. The zero-order valence-electron chi connectivity index (χ0n) is 12.7. The molecule has 0 aliphatic heterocycles. The molecule has 0 fully saturated rings. The van der Waals surface area contributed by atoms with E-state index in [1.54, 1.807) is 0 Å². The Kier molecular flexibility index (Phi) is 11.1. The van der Waals surface area contributed by atoms with Crippen LogP contribution in [0.4, 0.5) is 0 Å². The molecule has 0 aliphatic carbocycles. The summed E-state index contributed by atoms with van der Waals surface area (Å²) in [5.41, 5.74) is -0.533. The third-order valence-corrected chi connectivity index (χ3v) is 3.58. The van der Waals surface area contributed by atoms with Gasteiger partial charge in [0.2, 0.25) is 0 Å². The van der Waals surface area contributed by atoms with Crippen LogP contribution in [0, 0.1) is 0 Å². The molecule has 1 aromatic rings. The molecule has 1 rings (SSSR count). The Labute approximate surface area is 167 Å². The first-order valence-electron chi connectivity index (χ1n) is 6.98. The van der Waals surface area contributed by atoms with E-state index in [0.29, 0.717) is 0 Å². The Morgan fingerprint density at radius 1 is 0.880 bits per heavy atom. The van der Waals surface area contributed by atoms with Crippen LogP contribution in [0.15, 0.2) is 23.1 Å². The third kappa shape index (κ3) is 8.27. The molecule has 0 saturated carbocycles. The van der Waals surface area contributed by atoms with E-state index in [1.807, 2.05) is 0 Å². The maximum absolute atomic E-state index is 11.9. The second-order valence-corrected chi connectivity index (χ2v) is 6.07. The van der Waals surface area contributed by atoms with Crippen molar-refractivity contribution in [1.82, 2.24) is 0 Å². The normalized spacial score (nSPS) is 10.7. The summed E-state index contributed by atoms with van der Waals surface area (Å²) in [6.45, 7) is -0.578. The van der Waals surface area contributed by atoms with Crippen molar-refractivity contribution in [3.8, 4) is 0 Å². The molecule has 0 bridgehead atoms. The van der Waals surface area contributed by atoms with Crippen LogP contribution in [0.2, 0.25) is 0 Å². The molecule has 0 atom stereocenters. The summed E-state index contributed by atoms with van der Waals surface area (Å²) < 4.78 is 41.3. The number of carbonyl (C=O) groups is 2. The molecule has 0 saturated heterocycles. The summed E-state index contributed by atoms with van der Waals surface area (Å²) in [6, 6.07) is 2.79. The van der Waals surface area contributed by atoms with E-state index >= 15 is 0 Å². The van der Waals surface area contributed by atoms with E-state index in [9.17, 15) is 18.0 Å². The number of aliphatic hydroxyl groups is 2. The van der Waals surface area contributed by atoms with Gasteiger partial charge in [-0.1, -0.05) is 0 Å². The fraction of sp³-hybridized carbons (Fsp3) is 0.429. The summed E-state index contributed by atoms with van der Waals surface area (Å²) in [7, 11) is -4.66. The standard InChI is InChI=1S/C14H18O9S.Na.H/c15-3-1-5-22-13(17)10-7-11(14(18)23-6-2-4-16)9-12(8-10)24(19,20)21;;/h7-9,15-16H,1-6H2,(H,19,20,21);;. The van der Waals surface area contributed by atoms with Gasteiger partial charge in [-0.2, -0.15) is 8.42 Å². The number of esters is 2. The Balaban J connectivity index is 0.00000576. The number of hydrogen-bond donors (Lipinski definition) is 3. The fourth-order valence-electron chi connectivity index (χ4n) is 1.61. The molecule has 25 heavy (non-hydrogen) atoms. The van der Waals surface area contributed by atoms with Gasteiger partial charge in [-0.05, 0) is 18.2 Å². The van der Waals surface area contributed by atoms with Crippen LogP contribution in [0.5, 0.6) is 0 Å². The average molecular weight is 386 g/mol. The molecule has 11 heteroatoms. The van der Waals surface area contributed by atoms with Gasteiger partial charge in [0, 0.05) is 26.1 Å². The van der Waals surface area contributed by atoms with Crippen LogP contribution >= 0.6 is 0 Å². The van der Waals surface area contributed by atoms with Gasteiger partial charge in [0.1, 0.15) is 0 Å². The van der Waals surface area contributed by atoms with Crippen molar-refractivity contribution in [2.45, 2.75) is 17.7 Å². The number of benzene rings is 1. The van der Waals surface area contributed by atoms with E-state index in [-0.39, 0.29) is 80.0 Å². The van der Waals surface area contributed by atoms with E-state index in [4.69, 9.17) is 24.2 Å². The van der Waals surface area contributed by atoms with Gasteiger partial charge < -0.3 is 19.7 Å². The number of aliphatic hydroxyl groups excluding tert-OH is 2. The van der Waals surface area contributed by atoms with Crippen molar-refractivity contribution in [2.24, 2.45) is 0 Å². The number of carbonyl (C=O) groups excluding carboxylic acids is 2. The summed E-state index contributed by atoms with van der Waals surface area (Å²) >= 11 is 0. The number of rotatable bonds is 9. The molecule has 0 unspecified atom stereocenters. The molecule has 0 spiro atoms. The van der Waals surface area contributed by atoms with Crippen molar-refractivity contribution < 1.29 is 42.2 Å². The molecule has 0 heterocycles. The summed E-state index contributed by atoms with van der Waals surface area (Å²) in [4.78, 5) is 23.1. The predicted molar refractivity (Wildman–Crippen MR) is 87.4 cm³/mol. The van der Waals surface area contributed by atoms with Gasteiger partial charge in [0.25, 0.3) is 10.1 Å². The van der Waals surface area contributed by atoms with Gasteiger partial charge in [0.15, 0.2) is 0 Å². The maximum atomic E-state index is 11.9. The van der Waals surface area contributed by atoms with Gasteiger partial charge in [-0.15, -0.1) is 0 Å². The Morgan fingerprint density at radius 3 is 1.60 bits per heavy atom. The molecule has 3 N–H and O–H groups in total. The molecule has 0 aliphatic rings. The molecule has 136 valence electrons. The van der Waals surface area contributed by atoms with E-state index in [0.717, 1.165) is 18.2 Å². The fourth-order valence-corrected chi connectivity index (χ4v) is 2.16. The molecule has 0 aromatic heterocycles. The van der Waals surface area contributed by atoms with Crippen molar-refractivity contribution in [3.63, 3.8) is 0 Å². The summed E-state index contributed by atoms with van der Waals surface area (Å²) in [6.07, 6.45) is 0.388. The van der Waals surface area contributed by atoms with Crippen molar-refractivity contribution in [3.05, 3.63) is 29.3 Å². The van der Waals surface area contributed by atoms with Gasteiger partial charge in [0.05, 0.1) is 29.2 Å². The first kappa shape index (κ1) is 24.0. The van der Waals surface area contributed by atoms with Crippen LogP contribution in [0.25, 0.3) is 0 Å². The Bertz CT molecular complexity index is 647. The second-order valence-electron chi connectivity index (χ2n) is 4.65. The summed E-state index contributed by atoms with van der Waals surface area (Å²) in [5.74, 6) is -1.84. The van der Waals surface area contributed by atoms with Crippen molar-refractivity contribution in [1.29, 1.82) is 0 Å². The topological polar surface area (TPSA) is 147 Å². The average Bonchev–Trinajstić information content (AvgIpc) is 2.53. The minimum absolute atomic E-state index is 0. The molecular weight excluding hydrogens is 367 g/mol. The van der Waals surface area contributed by atoms with E-state index < -0.39 is 27.0 Å². The first-order valence-corrected chi connectivity index (χ1v) is 8.42. The van der Waals surface area contributed by atoms with Gasteiger partial charge in [-0.25, -0.2) is 9.59 Å². The SMILES string of the molecule is O=C(OCCCO)c1cc(C(=O)OCCCO)cc(S(=O)(=O)O)c1.[NaH]. The quantitative estimate of drug-likeness (QED) is 0.218. The third-order valence-electron chi connectivity index (χ3n) is 2.75. The minimum atomic E-state index is -4.66.